The SMILES string of the molecule is CCOC(=O)[C@@H]1CC[C@H](N[C@@H]2CCc3[nH]ncc3C2)C[C@@H]1C. The van der Waals surface area contributed by atoms with Crippen molar-refractivity contribution < 1.29 is 9.53 Å². The number of H-pyrrole nitrogens is 1. The molecule has 5 nitrogen and oxygen atoms in total. The van der Waals surface area contributed by atoms with E-state index in [9.17, 15) is 4.79 Å². The molecule has 4 atom stereocenters. The van der Waals surface area contributed by atoms with E-state index in [4.69, 9.17) is 4.74 Å². The topological polar surface area (TPSA) is 67.0 Å². The Morgan fingerprint density at radius 2 is 2.27 bits per heavy atom. The quantitative estimate of drug-likeness (QED) is 0.837. The number of hydrogen-bond acceptors (Lipinski definition) is 4. The molecule has 2 N–H and O–H groups in total. The van der Waals surface area contributed by atoms with E-state index >= 15 is 0 Å². The minimum absolute atomic E-state index is 0.00541. The molecule has 0 saturated heterocycles. The highest BCUT2D eigenvalue weighted by atomic mass is 16.5. The summed E-state index contributed by atoms with van der Waals surface area (Å²) in [5, 5.41) is 11.0. The van der Waals surface area contributed by atoms with Crippen LogP contribution < -0.4 is 5.32 Å². The number of fused-ring (bicyclic) bond motifs is 1. The fraction of sp³-hybridized carbons (Fsp3) is 0.765. The number of ether oxygens (including phenoxy) is 1. The Hall–Kier alpha value is -1.36. The Labute approximate surface area is 132 Å². The zero-order valence-electron chi connectivity index (χ0n) is 13.6. The summed E-state index contributed by atoms with van der Waals surface area (Å²) >= 11 is 0. The average Bonchev–Trinajstić information content (AvgIpc) is 2.95. The summed E-state index contributed by atoms with van der Waals surface area (Å²) in [6, 6.07) is 1.07. The first-order valence-corrected chi connectivity index (χ1v) is 8.61. The Kier molecular flexibility index (Phi) is 4.81. The van der Waals surface area contributed by atoms with Crippen LogP contribution in [0.15, 0.2) is 6.20 Å². The van der Waals surface area contributed by atoms with Gasteiger partial charge in [0.1, 0.15) is 0 Å². The van der Waals surface area contributed by atoms with Crippen molar-refractivity contribution in [1.29, 1.82) is 0 Å². The minimum Gasteiger partial charge on any atom is -0.466 e. The number of aromatic nitrogens is 2. The van der Waals surface area contributed by atoms with Crippen LogP contribution in [0.2, 0.25) is 0 Å². The van der Waals surface area contributed by atoms with Crippen molar-refractivity contribution in [2.24, 2.45) is 11.8 Å². The molecule has 0 aliphatic heterocycles. The van der Waals surface area contributed by atoms with Gasteiger partial charge in [-0.05, 0) is 56.9 Å². The van der Waals surface area contributed by atoms with Crippen molar-refractivity contribution in [3.63, 3.8) is 0 Å². The first-order chi connectivity index (χ1) is 10.7. The highest BCUT2D eigenvalue weighted by Gasteiger charge is 2.34. The van der Waals surface area contributed by atoms with Gasteiger partial charge in [0.2, 0.25) is 0 Å². The van der Waals surface area contributed by atoms with E-state index in [-0.39, 0.29) is 11.9 Å². The lowest BCUT2D eigenvalue weighted by Crippen LogP contribution is -2.45. The number of carbonyl (C=O) groups is 1. The summed E-state index contributed by atoms with van der Waals surface area (Å²) in [6.45, 7) is 4.55. The molecule has 0 aromatic carbocycles. The number of aryl methyl sites for hydroxylation is 1. The van der Waals surface area contributed by atoms with Crippen molar-refractivity contribution >= 4 is 5.97 Å². The standard InChI is InChI=1S/C17H27N3O2/c1-3-22-17(21)15-6-4-13(8-11(15)2)19-14-5-7-16-12(9-14)10-18-20-16/h10-11,13-15,19H,3-9H2,1-2H3,(H,18,20)/t11-,13-,14+,15+/m0/s1. The third-order valence-corrected chi connectivity index (χ3v) is 5.25. The lowest BCUT2D eigenvalue weighted by Gasteiger charge is -2.36. The van der Waals surface area contributed by atoms with Crippen molar-refractivity contribution in [2.45, 2.75) is 64.5 Å². The average molecular weight is 305 g/mol. The molecule has 2 aliphatic carbocycles. The maximum Gasteiger partial charge on any atom is 0.309 e. The monoisotopic (exact) mass is 305 g/mol. The Morgan fingerprint density at radius 1 is 1.41 bits per heavy atom. The van der Waals surface area contributed by atoms with Gasteiger partial charge in [0.15, 0.2) is 0 Å². The van der Waals surface area contributed by atoms with Crippen LogP contribution in [0.3, 0.4) is 0 Å². The predicted molar refractivity (Wildman–Crippen MR) is 84.5 cm³/mol. The summed E-state index contributed by atoms with van der Waals surface area (Å²) in [5.74, 6) is 0.484. The Morgan fingerprint density at radius 3 is 3.05 bits per heavy atom. The van der Waals surface area contributed by atoms with Crippen LogP contribution in [-0.4, -0.2) is 34.9 Å². The fourth-order valence-corrected chi connectivity index (χ4v) is 4.04. The van der Waals surface area contributed by atoms with Crippen LogP contribution in [0.1, 0.15) is 50.8 Å². The van der Waals surface area contributed by atoms with Gasteiger partial charge in [0.25, 0.3) is 0 Å². The second kappa shape index (κ2) is 6.82. The summed E-state index contributed by atoms with van der Waals surface area (Å²) in [4.78, 5) is 12.0. The second-order valence-corrected chi connectivity index (χ2v) is 6.83. The number of nitrogens with one attached hydrogen (secondary N) is 2. The second-order valence-electron chi connectivity index (χ2n) is 6.83. The summed E-state index contributed by atoms with van der Waals surface area (Å²) in [5.41, 5.74) is 2.66. The molecule has 3 rings (SSSR count). The van der Waals surface area contributed by atoms with Gasteiger partial charge in [-0.2, -0.15) is 5.10 Å². The van der Waals surface area contributed by atoms with E-state index < -0.39 is 0 Å². The third-order valence-electron chi connectivity index (χ3n) is 5.25. The predicted octanol–water partition coefficient (Wildman–Crippen LogP) is 2.22. The van der Waals surface area contributed by atoms with Crippen LogP contribution in [-0.2, 0) is 22.4 Å². The van der Waals surface area contributed by atoms with Crippen LogP contribution in [0.4, 0.5) is 0 Å². The van der Waals surface area contributed by atoms with Gasteiger partial charge >= 0.3 is 5.97 Å². The normalized spacial score (nSPS) is 31.5. The van der Waals surface area contributed by atoms with Crippen molar-refractivity contribution in [2.75, 3.05) is 6.61 Å². The number of carbonyl (C=O) groups excluding carboxylic acids is 1. The molecule has 0 spiro atoms. The molecule has 1 saturated carbocycles. The molecule has 0 amide bonds. The molecule has 1 fully saturated rings. The molecule has 122 valence electrons. The molecule has 5 heteroatoms. The van der Waals surface area contributed by atoms with E-state index in [1.807, 2.05) is 13.1 Å². The zero-order chi connectivity index (χ0) is 15.5. The molecule has 0 unspecified atom stereocenters. The number of aromatic amines is 1. The first-order valence-electron chi connectivity index (χ1n) is 8.61. The number of esters is 1. The lowest BCUT2D eigenvalue weighted by atomic mass is 9.77. The van der Waals surface area contributed by atoms with Crippen LogP contribution in [0, 0.1) is 11.8 Å². The van der Waals surface area contributed by atoms with E-state index in [0.717, 1.165) is 32.1 Å². The first kappa shape index (κ1) is 15.5. The summed E-state index contributed by atoms with van der Waals surface area (Å²) in [6.07, 6.45) is 8.37. The van der Waals surface area contributed by atoms with Crippen molar-refractivity contribution in [1.82, 2.24) is 15.5 Å². The molecule has 0 bridgehead atoms. The fourth-order valence-electron chi connectivity index (χ4n) is 4.04. The third kappa shape index (κ3) is 3.35. The van der Waals surface area contributed by atoms with Crippen LogP contribution >= 0.6 is 0 Å². The summed E-state index contributed by atoms with van der Waals surface area (Å²) < 4.78 is 5.20. The van der Waals surface area contributed by atoms with Crippen molar-refractivity contribution in [3.05, 3.63) is 17.5 Å². The molecule has 2 aliphatic rings. The highest BCUT2D eigenvalue weighted by Crippen LogP contribution is 2.32. The van der Waals surface area contributed by atoms with Gasteiger partial charge < -0.3 is 10.1 Å². The van der Waals surface area contributed by atoms with Crippen LogP contribution in [0.5, 0.6) is 0 Å². The van der Waals surface area contributed by atoms with Gasteiger partial charge in [-0.1, -0.05) is 6.92 Å². The Balaban J connectivity index is 1.50. The summed E-state index contributed by atoms with van der Waals surface area (Å²) in [7, 11) is 0. The maximum absolute atomic E-state index is 12.0. The van der Waals surface area contributed by atoms with E-state index in [1.165, 1.54) is 17.7 Å². The van der Waals surface area contributed by atoms with E-state index in [2.05, 4.69) is 22.4 Å². The molecule has 1 heterocycles. The van der Waals surface area contributed by atoms with Gasteiger partial charge in [-0.3, -0.25) is 9.89 Å². The maximum atomic E-state index is 12.0. The van der Waals surface area contributed by atoms with E-state index in [1.54, 1.807) is 0 Å². The highest BCUT2D eigenvalue weighted by molar-refractivity contribution is 5.72. The lowest BCUT2D eigenvalue weighted by molar-refractivity contribution is -0.151. The molecule has 0 radical (unpaired) electrons. The molecular formula is C17H27N3O2. The zero-order valence-corrected chi connectivity index (χ0v) is 13.6. The smallest absolute Gasteiger partial charge is 0.309 e. The minimum atomic E-state index is -0.00541. The number of nitrogens with zero attached hydrogens (tertiary/aromatic N) is 1. The largest absolute Gasteiger partial charge is 0.466 e. The van der Waals surface area contributed by atoms with E-state index in [0.29, 0.717) is 24.6 Å². The van der Waals surface area contributed by atoms with Gasteiger partial charge in [-0.15, -0.1) is 0 Å². The molecule has 1 aromatic heterocycles. The van der Waals surface area contributed by atoms with Crippen LogP contribution in [0.25, 0.3) is 0 Å². The van der Waals surface area contributed by atoms with Gasteiger partial charge in [0.05, 0.1) is 18.7 Å². The molecule has 22 heavy (non-hydrogen) atoms. The van der Waals surface area contributed by atoms with Gasteiger partial charge in [0, 0.05) is 17.8 Å². The molecular weight excluding hydrogens is 278 g/mol. The van der Waals surface area contributed by atoms with Gasteiger partial charge in [-0.25, -0.2) is 0 Å². The van der Waals surface area contributed by atoms with Crippen molar-refractivity contribution in [3.8, 4) is 0 Å². The number of rotatable bonds is 4. The molecule has 1 aromatic rings. The number of hydrogen-bond donors (Lipinski definition) is 2. The Bertz CT molecular complexity index is 514.